The molecule has 0 fully saturated rings. The number of furan rings is 1. The maximum atomic E-state index is 14.6. The van der Waals surface area contributed by atoms with E-state index in [0.717, 1.165) is 4.47 Å². The van der Waals surface area contributed by atoms with Gasteiger partial charge in [-0.15, -0.1) is 0 Å². The maximum Gasteiger partial charge on any atom is 0.435 e. The van der Waals surface area contributed by atoms with E-state index in [1.807, 2.05) is 0 Å². The molecule has 0 radical (unpaired) electrons. The number of amides is 2. The molecule has 12 heteroatoms. The lowest BCUT2D eigenvalue weighted by Gasteiger charge is -2.30. The topological polar surface area (TPSA) is 92.9 Å². The summed E-state index contributed by atoms with van der Waals surface area (Å²) in [5, 5.41) is 9.27. The van der Waals surface area contributed by atoms with Crippen LogP contribution in [0.1, 0.15) is 49.6 Å². The number of aryl methyl sites for hydroxylation is 2. The Morgan fingerprint density at radius 1 is 0.905 bits per heavy atom. The zero-order valence-electron chi connectivity index (χ0n) is 22.1. The number of anilines is 2. The van der Waals surface area contributed by atoms with Crippen LogP contribution in [0.5, 0.6) is 0 Å². The summed E-state index contributed by atoms with van der Waals surface area (Å²) in [5.41, 5.74) is -0.312. The van der Waals surface area contributed by atoms with Gasteiger partial charge in [0.05, 0.1) is 5.71 Å². The van der Waals surface area contributed by atoms with Crippen LogP contribution in [0, 0.1) is 13.8 Å². The standard InChI is InChI=1S/C30H22Br2F3N3O4/c1-16-12-20(29(30(33,34)35)15-23(38-42-29)18-6-8-21(31)9-7-18)13-17(2)26(16)37-27(39)19-4-3-5-22(14-19)36-28(40)24-10-11-25(32)41-24/h3-14H,15H2,1-2H3,(H,36,40)(H,37,39). The average Bonchev–Trinajstić information content (AvgIpc) is 3.59. The van der Waals surface area contributed by atoms with Crippen molar-refractivity contribution in [1.29, 1.82) is 0 Å². The van der Waals surface area contributed by atoms with Gasteiger partial charge in [0.2, 0.25) is 0 Å². The fraction of sp³-hybridized carbons (Fsp3) is 0.167. The van der Waals surface area contributed by atoms with Crippen molar-refractivity contribution < 1.29 is 32.0 Å². The van der Waals surface area contributed by atoms with Crippen molar-refractivity contribution in [3.05, 3.63) is 116 Å². The lowest BCUT2D eigenvalue weighted by atomic mass is 9.84. The van der Waals surface area contributed by atoms with E-state index in [4.69, 9.17) is 9.25 Å². The molecule has 0 aliphatic carbocycles. The van der Waals surface area contributed by atoms with Gasteiger partial charge in [0.15, 0.2) is 10.4 Å². The lowest BCUT2D eigenvalue weighted by molar-refractivity contribution is -0.275. The molecule has 2 heterocycles. The highest BCUT2D eigenvalue weighted by Gasteiger charge is 2.62. The number of rotatable bonds is 6. The third-order valence-corrected chi connectivity index (χ3v) is 7.74. The highest BCUT2D eigenvalue weighted by molar-refractivity contribution is 9.10. The molecule has 2 amide bonds. The second-order valence-electron chi connectivity index (χ2n) is 9.72. The van der Waals surface area contributed by atoms with Gasteiger partial charge < -0.3 is 19.9 Å². The Kier molecular flexibility index (Phi) is 8.04. The molecule has 0 spiro atoms. The Morgan fingerprint density at radius 3 is 2.21 bits per heavy atom. The van der Waals surface area contributed by atoms with E-state index in [-0.39, 0.29) is 22.6 Å². The van der Waals surface area contributed by atoms with Crippen molar-refractivity contribution in [2.75, 3.05) is 10.6 Å². The van der Waals surface area contributed by atoms with Gasteiger partial charge in [-0.25, -0.2) is 0 Å². The molecule has 2 N–H and O–H groups in total. The number of hydrogen-bond donors (Lipinski definition) is 2. The molecule has 7 nitrogen and oxygen atoms in total. The van der Waals surface area contributed by atoms with Crippen LogP contribution in [-0.2, 0) is 10.4 Å². The number of carbonyl (C=O) groups excluding carboxylic acids is 2. The summed E-state index contributed by atoms with van der Waals surface area (Å²) in [7, 11) is 0. The Hall–Kier alpha value is -3.90. The fourth-order valence-corrected chi connectivity index (χ4v) is 5.22. The van der Waals surface area contributed by atoms with E-state index in [2.05, 4.69) is 47.6 Å². The summed E-state index contributed by atoms with van der Waals surface area (Å²) in [5.74, 6) is -0.921. The summed E-state index contributed by atoms with van der Waals surface area (Å²) in [6, 6.07) is 18.8. The van der Waals surface area contributed by atoms with Crippen LogP contribution >= 0.6 is 31.9 Å². The Labute approximate surface area is 255 Å². The van der Waals surface area contributed by atoms with E-state index in [1.165, 1.54) is 24.3 Å². The number of halogens is 5. The predicted octanol–water partition coefficient (Wildman–Crippen LogP) is 8.51. The molecular weight excluding hydrogens is 683 g/mol. The summed E-state index contributed by atoms with van der Waals surface area (Å²) in [6.45, 7) is 3.22. The molecule has 4 aromatic rings. The Balaban J connectivity index is 1.37. The molecule has 0 saturated carbocycles. The molecule has 1 unspecified atom stereocenters. The monoisotopic (exact) mass is 703 g/mol. The van der Waals surface area contributed by atoms with Crippen LogP contribution in [-0.4, -0.2) is 23.7 Å². The van der Waals surface area contributed by atoms with Gasteiger partial charge in [0, 0.05) is 33.4 Å². The highest BCUT2D eigenvalue weighted by Crippen LogP contribution is 2.49. The number of alkyl halides is 3. The number of carbonyl (C=O) groups is 2. The van der Waals surface area contributed by atoms with Crippen molar-refractivity contribution in [1.82, 2.24) is 0 Å². The third-order valence-electron chi connectivity index (χ3n) is 6.78. The number of nitrogens with one attached hydrogen (secondary N) is 2. The minimum Gasteiger partial charge on any atom is -0.444 e. The number of oxime groups is 1. The van der Waals surface area contributed by atoms with Gasteiger partial charge in [0.25, 0.3) is 17.4 Å². The highest BCUT2D eigenvalue weighted by atomic mass is 79.9. The second kappa shape index (κ2) is 11.4. The van der Waals surface area contributed by atoms with Gasteiger partial charge in [-0.1, -0.05) is 39.3 Å². The first-order valence-electron chi connectivity index (χ1n) is 12.5. The van der Waals surface area contributed by atoms with Crippen LogP contribution < -0.4 is 10.6 Å². The molecular formula is C30H22Br2F3N3O4. The number of hydrogen-bond acceptors (Lipinski definition) is 5. The lowest BCUT2D eigenvalue weighted by Crippen LogP contribution is -2.42. The Bertz CT molecular complexity index is 1690. The van der Waals surface area contributed by atoms with Crippen molar-refractivity contribution in [2.24, 2.45) is 5.16 Å². The minimum absolute atomic E-state index is 0.0836. The molecule has 1 aliphatic rings. The zero-order valence-corrected chi connectivity index (χ0v) is 25.3. The Morgan fingerprint density at radius 2 is 1.60 bits per heavy atom. The third kappa shape index (κ3) is 5.86. The van der Waals surface area contributed by atoms with Crippen LogP contribution in [0.25, 0.3) is 0 Å². The fourth-order valence-electron chi connectivity index (χ4n) is 4.65. The number of benzene rings is 3. The van der Waals surface area contributed by atoms with Crippen LogP contribution in [0.15, 0.2) is 91.5 Å². The van der Waals surface area contributed by atoms with Crippen molar-refractivity contribution >= 4 is 60.8 Å². The molecule has 1 aromatic heterocycles. The van der Waals surface area contributed by atoms with Gasteiger partial charge >= 0.3 is 6.18 Å². The smallest absolute Gasteiger partial charge is 0.435 e. The maximum absolute atomic E-state index is 14.6. The normalized spacial score (nSPS) is 16.5. The molecule has 3 aromatic carbocycles. The molecule has 0 bridgehead atoms. The summed E-state index contributed by atoms with van der Waals surface area (Å²) in [6.07, 6.45) is -5.27. The minimum atomic E-state index is -4.77. The summed E-state index contributed by atoms with van der Waals surface area (Å²) in [4.78, 5) is 30.7. The first-order chi connectivity index (χ1) is 19.9. The zero-order chi connectivity index (χ0) is 30.2. The van der Waals surface area contributed by atoms with Crippen LogP contribution in [0.2, 0.25) is 0 Å². The molecule has 1 aliphatic heterocycles. The molecule has 5 rings (SSSR count). The van der Waals surface area contributed by atoms with Crippen molar-refractivity contribution in [3.8, 4) is 0 Å². The van der Waals surface area contributed by atoms with Gasteiger partial charge in [-0.2, -0.15) is 13.2 Å². The SMILES string of the molecule is Cc1cc(C2(C(F)(F)F)CC(c3ccc(Br)cc3)=NO2)cc(C)c1NC(=O)c1cccc(NC(=O)c2ccc(Br)o2)c1. The van der Waals surface area contributed by atoms with Gasteiger partial charge in [-0.3, -0.25) is 9.59 Å². The van der Waals surface area contributed by atoms with E-state index >= 15 is 0 Å². The predicted molar refractivity (Wildman–Crippen MR) is 159 cm³/mol. The van der Waals surface area contributed by atoms with E-state index < -0.39 is 30.0 Å². The molecule has 1 atom stereocenters. The second-order valence-corrected chi connectivity index (χ2v) is 11.4. The number of nitrogens with zero attached hydrogens (tertiary/aromatic N) is 1. The van der Waals surface area contributed by atoms with Crippen LogP contribution in [0.4, 0.5) is 24.5 Å². The molecule has 216 valence electrons. The first kappa shape index (κ1) is 29.6. The van der Waals surface area contributed by atoms with E-state index in [0.29, 0.717) is 32.7 Å². The van der Waals surface area contributed by atoms with Gasteiger partial charge in [0.1, 0.15) is 0 Å². The largest absolute Gasteiger partial charge is 0.444 e. The van der Waals surface area contributed by atoms with Crippen molar-refractivity contribution in [3.63, 3.8) is 0 Å². The first-order valence-corrected chi connectivity index (χ1v) is 14.1. The van der Waals surface area contributed by atoms with Gasteiger partial charge in [-0.05, 0) is 101 Å². The molecule has 0 saturated heterocycles. The van der Waals surface area contributed by atoms with E-state index in [1.54, 1.807) is 62.4 Å². The van der Waals surface area contributed by atoms with E-state index in [9.17, 15) is 22.8 Å². The average molecular weight is 705 g/mol. The quantitative estimate of drug-likeness (QED) is 0.211. The summed E-state index contributed by atoms with van der Waals surface area (Å²) >= 11 is 6.46. The molecule has 42 heavy (non-hydrogen) atoms. The summed E-state index contributed by atoms with van der Waals surface area (Å²) < 4.78 is 50.2. The van der Waals surface area contributed by atoms with Crippen molar-refractivity contribution in [2.45, 2.75) is 32.0 Å². The van der Waals surface area contributed by atoms with Crippen LogP contribution in [0.3, 0.4) is 0 Å².